The Bertz CT molecular complexity index is 263. The van der Waals surface area contributed by atoms with Crippen LogP contribution in [0.2, 0.25) is 0 Å². The summed E-state index contributed by atoms with van der Waals surface area (Å²) in [5.74, 6) is -2.64. The third kappa shape index (κ3) is 6.25. The zero-order valence-corrected chi connectivity index (χ0v) is 8.54. The first-order valence-corrected chi connectivity index (χ1v) is 4.51. The second kappa shape index (κ2) is 7.54. The molecule has 0 radical (unpaired) electrons. The van der Waals surface area contributed by atoms with E-state index in [4.69, 9.17) is 0 Å². The van der Waals surface area contributed by atoms with E-state index in [9.17, 15) is 14.4 Å². The molecule has 0 aliphatic rings. The molecule has 0 spiro atoms. The van der Waals surface area contributed by atoms with E-state index in [0.717, 1.165) is 12.5 Å². The number of amides is 2. The van der Waals surface area contributed by atoms with Gasteiger partial charge in [-0.25, -0.2) is 4.79 Å². The number of rotatable bonds is 4. The van der Waals surface area contributed by atoms with Gasteiger partial charge < -0.3 is 4.74 Å². The molecule has 0 fully saturated rings. The topological polar surface area (TPSA) is 84.5 Å². The van der Waals surface area contributed by atoms with Gasteiger partial charge in [0.25, 0.3) is 5.91 Å². The normalized spacial score (nSPS) is 8.87. The minimum absolute atomic E-state index is 0.193. The Kier molecular flexibility index (Phi) is 6.61. The second-order valence-electron chi connectivity index (χ2n) is 2.64. The summed E-state index contributed by atoms with van der Waals surface area (Å²) in [4.78, 5) is 32.4. The summed E-state index contributed by atoms with van der Waals surface area (Å²) in [6.45, 7) is 5.29. The molecular formula is C9H14N2O4. The van der Waals surface area contributed by atoms with Gasteiger partial charge in [-0.05, 0) is 12.5 Å². The molecule has 0 saturated carbocycles. The van der Waals surface area contributed by atoms with E-state index in [1.54, 1.807) is 0 Å². The highest BCUT2D eigenvalue weighted by molar-refractivity contribution is 6.32. The van der Waals surface area contributed by atoms with Crippen LogP contribution in [0.15, 0.2) is 12.7 Å². The first-order chi connectivity index (χ1) is 7.11. The van der Waals surface area contributed by atoms with Crippen LogP contribution in [0.3, 0.4) is 0 Å². The fraction of sp³-hybridized carbons (Fsp3) is 0.444. The van der Waals surface area contributed by atoms with Crippen molar-refractivity contribution >= 4 is 17.8 Å². The van der Waals surface area contributed by atoms with Crippen molar-refractivity contribution in [3.63, 3.8) is 0 Å². The monoisotopic (exact) mass is 214 g/mol. The highest BCUT2D eigenvalue weighted by Crippen LogP contribution is 1.88. The van der Waals surface area contributed by atoms with Gasteiger partial charge in [0.1, 0.15) is 0 Å². The first-order valence-electron chi connectivity index (χ1n) is 4.51. The molecule has 84 valence electrons. The molecule has 2 N–H and O–H groups in total. The fourth-order valence-electron chi connectivity index (χ4n) is 0.595. The van der Waals surface area contributed by atoms with Gasteiger partial charge in [-0.15, -0.1) is 0 Å². The Morgan fingerprint density at radius 3 is 2.53 bits per heavy atom. The maximum absolute atomic E-state index is 10.9. The number of hydrogen-bond donors (Lipinski definition) is 2. The highest BCUT2D eigenvalue weighted by atomic mass is 16.5. The Hall–Kier alpha value is -1.85. The molecule has 0 aliphatic carbocycles. The Morgan fingerprint density at radius 2 is 2.00 bits per heavy atom. The average molecular weight is 214 g/mol. The SMILES string of the molecule is C=CC(=O)NNC(=O)C(=O)OCCCC. The minimum Gasteiger partial charge on any atom is -0.459 e. The van der Waals surface area contributed by atoms with Crippen LogP contribution in [0, 0.1) is 0 Å². The number of carbonyl (C=O) groups is 3. The molecule has 6 heteroatoms. The van der Waals surface area contributed by atoms with Crippen molar-refractivity contribution in [2.75, 3.05) is 6.61 Å². The zero-order valence-electron chi connectivity index (χ0n) is 8.54. The van der Waals surface area contributed by atoms with Gasteiger partial charge in [-0.2, -0.15) is 0 Å². The molecule has 0 aliphatic heterocycles. The summed E-state index contributed by atoms with van der Waals surface area (Å²) in [6, 6.07) is 0. The summed E-state index contributed by atoms with van der Waals surface area (Å²) in [7, 11) is 0. The molecule has 0 bridgehead atoms. The van der Waals surface area contributed by atoms with Crippen LogP contribution in [0.5, 0.6) is 0 Å². The summed E-state index contributed by atoms with van der Waals surface area (Å²) in [6.07, 6.45) is 2.52. The summed E-state index contributed by atoms with van der Waals surface area (Å²) >= 11 is 0. The summed E-state index contributed by atoms with van der Waals surface area (Å²) in [5, 5.41) is 0. The van der Waals surface area contributed by atoms with Crippen LogP contribution in [0.1, 0.15) is 19.8 Å². The molecule has 2 amide bonds. The van der Waals surface area contributed by atoms with E-state index in [1.807, 2.05) is 17.8 Å². The van der Waals surface area contributed by atoms with Gasteiger partial charge in [-0.3, -0.25) is 20.4 Å². The fourth-order valence-corrected chi connectivity index (χ4v) is 0.595. The molecule has 0 aromatic carbocycles. The number of unbranched alkanes of at least 4 members (excludes halogenated alkanes) is 1. The van der Waals surface area contributed by atoms with Crippen molar-refractivity contribution in [3.8, 4) is 0 Å². The molecule has 0 heterocycles. The maximum atomic E-state index is 10.9. The van der Waals surface area contributed by atoms with Crippen LogP contribution < -0.4 is 10.9 Å². The van der Waals surface area contributed by atoms with Crippen molar-refractivity contribution in [1.29, 1.82) is 0 Å². The Balaban J connectivity index is 3.74. The van der Waals surface area contributed by atoms with Crippen molar-refractivity contribution < 1.29 is 19.1 Å². The van der Waals surface area contributed by atoms with Gasteiger partial charge in [0.15, 0.2) is 0 Å². The molecule has 0 unspecified atom stereocenters. The summed E-state index contributed by atoms with van der Waals surface area (Å²) in [5.41, 5.74) is 3.82. The molecule has 0 saturated heterocycles. The molecule has 0 atom stereocenters. The van der Waals surface area contributed by atoms with Gasteiger partial charge in [-0.1, -0.05) is 19.9 Å². The van der Waals surface area contributed by atoms with Crippen molar-refractivity contribution in [2.24, 2.45) is 0 Å². The third-order valence-corrected chi connectivity index (χ3v) is 1.40. The quantitative estimate of drug-likeness (QED) is 0.220. The average Bonchev–Trinajstić information content (AvgIpc) is 2.25. The van der Waals surface area contributed by atoms with E-state index >= 15 is 0 Å². The van der Waals surface area contributed by atoms with E-state index in [1.165, 1.54) is 0 Å². The van der Waals surface area contributed by atoms with Crippen molar-refractivity contribution in [3.05, 3.63) is 12.7 Å². The number of carbonyl (C=O) groups excluding carboxylic acids is 3. The summed E-state index contributed by atoms with van der Waals surface area (Å²) < 4.78 is 4.58. The molecule has 0 rings (SSSR count). The second-order valence-corrected chi connectivity index (χ2v) is 2.64. The lowest BCUT2D eigenvalue weighted by atomic mass is 10.4. The zero-order chi connectivity index (χ0) is 11.7. The Morgan fingerprint density at radius 1 is 1.33 bits per heavy atom. The largest absolute Gasteiger partial charge is 0.459 e. The van der Waals surface area contributed by atoms with E-state index in [0.29, 0.717) is 6.42 Å². The van der Waals surface area contributed by atoms with E-state index < -0.39 is 17.8 Å². The predicted molar refractivity (Wildman–Crippen MR) is 52.3 cm³/mol. The number of hydrogen-bond acceptors (Lipinski definition) is 4. The standard InChI is InChI=1S/C9H14N2O4/c1-3-5-6-15-9(14)8(13)11-10-7(12)4-2/h4H,2-3,5-6H2,1H3,(H,10,12)(H,11,13). The van der Waals surface area contributed by atoms with Gasteiger partial charge >= 0.3 is 11.9 Å². The predicted octanol–water partition coefficient (Wildman–Crippen LogP) is -0.337. The van der Waals surface area contributed by atoms with Gasteiger partial charge in [0, 0.05) is 0 Å². The van der Waals surface area contributed by atoms with Crippen molar-refractivity contribution in [1.82, 2.24) is 10.9 Å². The number of hydrazine groups is 1. The molecule has 15 heavy (non-hydrogen) atoms. The first kappa shape index (κ1) is 13.2. The minimum atomic E-state index is -1.02. The maximum Gasteiger partial charge on any atom is 0.398 e. The van der Waals surface area contributed by atoms with Gasteiger partial charge in [0.05, 0.1) is 6.61 Å². The smallest absolute Gasteiger partial charge is 0.398 e. The molecule has 0 aromatic rings. The number of ether oxygens (including phenoxy) is 1. The van der Waals surface area contributed by atoms with Gasteiger partial charge in [0.2, 0.25) is 0 Å². The lowest BCUT2D eigenvalue weighted by Gasteiger charge is -2.05. The third-order valence-electron chi connectivity index (χ3n) is 1.40. The highest BCUT2D eigenvalue weighted by Gasteiger charge is 2.14. The van der Waals surface area contributed by atoms with Crippen molar-refractivity contribution in [2.45, 2.75) is 19.8 Å². The molecule has 6 nitrogen and oxygen atoms in total. The molecule has 0 aromatic heterocycles. The Labute approximate surface area is 87.6 Å². The number of esters is 1. The van der Waals surface area contributed by atoms with Crippen LogP contribution in [-0.4, -0.2) is 24.4 Å². The van der Waals surface area contributed by atoms with Crippen LogP contribution in [0.4, 0.5) is 0 Å². The van der Waals surface area contributed by atoms with Crippen LogP contribution in [0.25, 0.3) is 0 Å². The van der Waals surface area contributed by atoms with Crippen LogP contribution >= 0.6 is 0 Å². The molecular weight excluding hydrogens is 200 g/mol. The van der Waals surface area contributed by atoms with Crippen LogP contribution in [-0.2, 0) is 19.1 Å². The van der Waals surface area contributed by atoms with E-state index in [2.05, 4.69) is 11.3 Å². The lowest BCUT2D eigenvalue weighted by Crippen LogP contribution is -2.44. The van der Waals surface area contributed by atoms with E-state index in [-0.39, 0.29) is 6.61 Å². The lowest BCUT2D eigenvalue weighted by molar-refractivity contribution is -0.155. The number of nitrogens with one attached hydrogen (secondary N) is 2.